The van der Waals surface area contributed by atoms with E-state index in [-0.39, 0.29) is 5.54 Å². The molecule has 1 heterocycles. The predicted octanol–water partition coefficient (Wildman–Crippen LogP) is 2.54. The Kier molecular flexibility index (Phi) is 3.69. The number of benzene rings is 1. The molecule has 100 valence electrons. The third-order valence-electron chi connectivity index (χ3n) is 3.47. The number of piperazine rings is 1. The molecule has 1 saturated heterocycles. The van der Waals surface area contributed by atoms with E-state index in [0.29, 0.717) is 12.6 Å². The third-order valence-corrected chi connectivity index (χ3v) is 3.47. The first-order chi connectivity index (χ1) is 8.37. The van der Waals surface area contributed by atoms with Crippen molar-refractivity contribution in [3.05, 3.63) is 35.4 Å². The summed E-state index contributed by atoms with van der Waals surface area (Å²) in [5, 5.41) is 3.47. The summed E-state index contributed by atoms with van der Waals surface area (Å²) in [6.45, 7) is 8.91. The third kappa shape index (κ3) is 3.06. The van der Waals surface area contributed by atoms with Crippen LogP contribution >= 0.6 is 0 Å². The summed E-state index contributed by atoms with van der Waals surface area (Å²) in [5.41, 5.74) is 0.879. The minimum Gasteiger partial charge on any atom is -0.309 e. The summed E-state index contributed by atoms with van der Waals surface area (Å²) < 4.78 is 26.1. The van der Waals surface area contributed by atoms with Gasteiger partial charge in [0, 0.05) is 31.2 Å². The molecule has 0 radical (unpaired) electrons. The van der Waals surface area contributed by atoms with E-state index in [1.54, 1.807) is 6.07 Å². The van der Waals surface area contributed by atoms with Gasteiger partial charge >= 0.3 is 0 Å². The van der Waals surface area contributed by atoms with Crippen LogP contribution in [0.5, 0.6) is 0 Å². The molecule has 0 amide bonds. The molecule has 2 rings (SSSR count). The highest BCUT2D eigenvalue weighted by molar-refractivity contribution is 5.18. The standard InChI is InChI=1S/C14H20F2N2/c1-10-7-17-14(2,3)9-18(10)8-11-4-5-12(15)13(16)6-11/h4-6,10,17H,7-9H2,1-3H3. The molecule has 0 aliphatic carbocycles. The number of hydrogen-bond donors (Lipinski definition) is 1. The van der Waals surface area contributed by atoms with Crippen molar-refractivity contribution in [3.8, 4) is 0 Å². The lowest BCUT2D eigenvalue weighted by atomic mass is 9.98. The average Bonchev–Trinajstić information content (AvgIpc) is 2.28. The van der Waals surface area contributed by atoms with E-state index in [9.17, 15) is 8.78 Å². The molecular formula is C14H20F2N2. The number of nitrogens with zero attached hydrogens (tertiary/aromatic N) is 1. The van der Waals surface area contributed by atoms with Gasteiger partial charge in [0.25, 0.3) is 0 Å². The van der Waals surface area contributed by atoms with Crippen LogP contribution in [0.2, 0.25) is 0 Å². The average molecular weight is 254 g/mol. The molecule has 18 heavy (non-hydrogen) atoms. The zero-order chi connectivity index (χ0) is 13.3. The van der Waals surface area contributed by atoms with Crippen molar-refractivity contribution >= 4 is 0 Å². The van der Waals surface area contributed by atoms with E-state index >= 15 is 0 Å². The normalized spacial score (nSPS) is 24.2. The lowest BCUT2D eigenvalue weighted by Gasteiger charge is -2.43. The van der Waals surface area contributed by atoms with E-state index in [1.807, 2.05) is 0 Å². The SMILES string of the molecule is CC1CNC(C)(C)CN1Cc1ccc(F)c(F)c1. The van der Waals surface area contributed by atoms with Crippen LogP contribution in [-0.2, 0) is 6.54 Å². The molecule has 1 aromatic carbocycles. The second-order valence-corrected chi connectivity index (χ2v) is 5.77. The largest absolute Gasteiger partial charge is 0.309 e. The van der Waals surface area contributed by atoms with Crippen LogP contribution in [-0.4, -0.2) is 29.6 Å². The fraction of sp³-hybridized carbons (Fsp3) is 0.571. The molecule has 4 heteroatoms. The first kappa shape index (κ1) is 13.4. The van der Waals surface area contributed by atoms with Crippen LogP contribution in [0.4, 0.5) is 8.78 Å². The quantitative estimate of drug-likeness (QED) is 0.872. The Hall–Kier alpha value is -1.00. The van der Waals surface area contributed by atoms with Gasteiger partial charge in [0.15, 0.2) is 11.6 Å². The van der Waals surface area contributed by atoms with Crippen LogP contribution in [0.3, 0.4) is 0 Å². The minimum atomic E-state index is -0.785. The number of halogens is 2. The molecule has 2 nitrogen and oxygen atoms in total. The Bertz CT molecular complexity index is 432. The molecule has 1 N–H and O–H groups in total. The first-order valence-corrected chi connectivity index (χ1v) is 6.30. The molecular weight excluding hydrogens is 234 g/mol. The summed E-state index contributed by atoms with van der Waals surface area (Å²) in [6.07, 6.45) is 0. The summed E-state index contributed by atoms with van der Waals surface area (Å²) >= 11 is 0. The molecule has 1 aliphatic heterocycles. The van der Waals surface area contributed by atoms with Gasteiger partial charge in [0.05, 0.1) is 0 Å². The highest BCUT2D eigenvalue weighted by Gasteiger charge is 2.30. The highest BCUT2D eigenvalue weighted by Crippen LogP contribution is 2.18. The lowest BCUT2D eigenvalue weighted by molar-refractivity contribution is 0.0976. The van der Waals surface area contributed by atoms with Crippen LogP contribution in [0.15, 0.2) is 18.2 Å². The Morgan fingerprint density at radius 2 is 2.06 bits per heavy atom. The van der Waals surface area contributed by atoms with Crippen molar-refractivity contribution in [2.45, 2.75) is 38.9 Å². The second-order valence-electron chi connectivity index (χ2n) is 5.77. The van der Waals surface area contributed by atoms with Crippen molar-refractivity contribution in [3.63, 3.8) is 0 Å². The molecule has 0 saturated carbocycles. The van der Waals surface area contributed by atoms with E-state index in [2.05, 4.69) is 31.0 Å². The molecule has 1 fully saturated rings. The van der Waals surface area contributed by atoms with Gasteiger partial charge in [-0.25, -0.2) is 8.78 Å². The summed E-state index contributed by atoms with van der Waals surface area (Å²) in [5.74, 6) is -1.55. The summed E-state index contributed by atoms with van der Waals surface area (Å²) in [4.78, 5) is 2.29. The number of hydrogen-bond acceptors (Lipinski definition) is 2. The van der Waals surface area contributed by atoms with Crippen molar-refractivity contribution in [2.75, 3.05) is 13.1 Å². The molecule has 1 atom stereocenters. The molecule has 1 aliphatic rings. The van der Waals surface area contributed by atoms with E-state index in [4.69, 9.17) is 0 Å². The molecule has 0 aromatic heterocycles. The molecule has 1 unspecified atom stereocenters. The van der Waals surface area contributed by atoms with E-state index < -0.39 is 11.6 Å². The number of nitrogens with one attached hydrogen (secondary N) is 1. The Balaban J connectivity index is 2.09. The van der Waals surface area contributed by atoms with Crippen molar-refractivity contribution in [1.82, 2.24) is 10.2 Å². The molecule has 0 bridgehead atoms. The van der Waals surface area contributed by atoms with Crippen LogP contribution in [0, 0.1) is 11.6 Å². The van der Waals surface area contributed by atoms with Gasteiger partial charge < -0.3 is 5.32 Å². The van der Waals surface area contributed by atoms with Crippen LogP contribution in [0.1, 0.15) is 26.3 Å². The minimum absolute atomic E-state index is 0.0606. The predicted molar refractivity (Wildman–Crippen MR) is 68.3 cm³/mol. The van der Waals surface area contributed by atoms with E-state index in [1.165, 1.54) is 12.1 Å². The topological polar surface area (TPSA) is 15.3 Å². The highest BCUT2D eigenvalue weighted by atomic mass is 19.2. The van der Waals surface area contributed by atoms with Crippen molar-refractivity contribution < 1.29 is 8.78 Å². The molecule has 0 spiro atoms. The Morgan fingerprint density at radius 1 is 1.33 bits per heavy atom. The summed E-state index contributed by atoms with van der Waals surface area (Å²) in [6, 6.07) is 4.53. The maximum Gasteiger partial charge on any atom is 0.159 e. The fourth-order valence-corrected chi connectivity index (χ4v) is 2.36. The van der Waals surface area contributed by atoms with Gasteiger partial charge in [0.2, 0.25) is 0 Å². The first-order valence-electron chi connectivity index (χ1n) is 6.30. The fourth-order valence-electron chi connectivity index (χ4n) is 2.36. The van der Waals surface area contributed by atoms with Gasteiger partial charge in [0.1, 0.15) is 0 Å². The van der Waals surface area contributed by atoms with Gasteiger partial charge in [-0.1, -0.05) is 6.07 Å². The Morgan fingerprint density at radius 3 is 2.72 bits per heavy atom. The van der Waals surface area contributed by atoms with Gasteiger partial charge in [-0.3, -0.25) is 4.90 Å². The maximum atomic E-state index is 13.2. The summed E-state index contributed by atoms with van der Waals surface area (Å²) in [7, 11) is 0. The van der Waals surface area contributed by atoms with Gasteiger partial charge in [-0.15, -0.1) is 0 Å². The number of rotatable bonds is 2. The lowest BCUT2D eigenvalue weighted by Crippen LogP contribution is -2.60. The van der Waals surface area contributed by atoms with E-state index in [0.717, 1.165) is 18.7 Å². The smallest absolute Gasteiger partial charge is 0.159 e. The zero-order valence-electron chi connectivity index (χ0n) is 11.1. The van der Waals surface area contributed by atoms with Gasteiger partial charge in [-0.2, -0.15) is 0 Å². The van der Waals surface area contributed by atoms with Gasteiger partial charge in [-0.05, 0) is 38.5 Å². The molecule has 1 aromatic rings. The second kappa shape index (κ2) is 4.94. The Labute approximate surface area is 107 Å². The van der Waals surface area contributed by atoms with Crippen molar-refractivity contribution in [2.24, 2.45) is 0 Å². The maximum absolute atomic E-state index is 13.2. The zero-order valence-corrected chi connectivity index (χ0v) is 11.1. The van der Waals surface area contributed by atoms with Crippen molar-refractivity contribution in [1.29, 1.82) is 0 Å². The van der Waals surface area contributed by atoms with Crippen LogP contribution < -0.4 is 5.32 Å². The van der Waals surface area contributed by atoms with Crippen LogP contribution in [0.25, 0.3) is 0 Å². The monoisotopic (exact) mass is 254 g/mol.